The van der Waals surface area contributed by atoms with Crippen molar-refractivity contribution < 1.29 is 18.3 Å². The molecular weight excluding hydrogens is 422 g/mol. The van der Waals surface area contributed by atoms with E-state index in [1.165, 1.54) is 16.9 Å². The maximum absolute atomic E-state index is 13.2. The zero-order valence-electron chi connectivity index (χ0n) is 16.9. The molecular formula is C21H27N3O4S2. The summed E-state index contributed by atoms with van der Waals surface area (Å²) in [6.07, 6.45) is 0. The van der Waals surface area contributed by atoms with Gasteiger partial charge in [-0.1, -0.05) is 30.3 Å². The molecule has 2 N–H and O–H groups in total. The molecule has 2 aromatic rings. The Labute approximate surface area is 181 Å². The van der Waals surface area contributed by atoms with Crippen molar-refractivity contribution in [1.29, 1.82) is 0 Å². The van der Waals surface area contributed by atoms with Crippen LogP contribution in [0.25, 0.3) is 0 Å². The molecule has 0 amide bonds. The standard InChI is InChI=1S/C20H25N3O2S2.CH2O2/c1-15-9-18(26-12-15)27(24,25)21-19-16-10-22-7-8-23(11-16)14-20(19,13-22)17-5-3-2-4-6-17;2-1-3/h2-6,9,12,16,19,21H,7-8,10-11,13-14H2,1H3;1H,(H,2,3). The number of aryl methyl sites for hydroxylation is 1. The number of rotatable bonds is 4. The summed E-state index contributed by atoms with van der Waals surface area (Å²) >= 11 is 1.31. The molecule has 162 valence electrons. The molecule has 4 fully saturated rings. The predicted octanol–water partition coefficient (Wildman–Crippen LogP) is 1.60. The second kappa shape index (κ2) is 8.39. The Bertz CT molecular complexity index is 977. The van der Waals surface area contributed by atoms with Crippen molar-refractivity contribution in [3.8, 4) is 0 Å². The SMILES string of the molecule is Cc1csc(S(=O)(=O)NC2C3CN4CCN(C3)CC2(c2ccccc2)C4)c1.O=CO. The van der Waals surface area contributed by atoms with Gasteiger partial charge < -0.3 is 14.9 Å². The van der Waals surface area contributed by atoms with Crippen molar-refractivity contribution >= 4 is 27.8 Å². The van der Waals surface area contributed by atoms with Crippen LogP contribution in [0.2, 0.25) is 0 Å². The van der Waals surface area contributed by atoms with Gasteiger partial charge in [-0.25, -0.2) is 13.1 Å². The Morgan fingerprint density at radius 2 is 1.77 bits per heavy atom. The number of fused-ring (bicyclic) bond motifs is 1. The van der Waals surface area contributed by atoms with Gasteiger partial charge in [-0.05, 0) is 29.5 Å². The first-order chi connectivity index (χ1) is 14.4. The van der Waals surface area contributed by atoms with E-state index in [1.54, 1.807) is 6.07 Å². The number of nitrogens with one attached hydrogen (secondary N) is 1. The minimum absolute atomic E-state index is 0.0714. The van der Waals surface area contributed by atoms with Gasteiger partial charge in [0, 0.05) is 56.6 Å². The lowest BCUT2D eigenvalue weighted by Crippen LogP contribution is -2.70. The number of carbonyl (C=O) groups is 1. The number of hydrogen-bond donors (Lipinski definition) is 2. The predicted molar refractivity (Wildman–Crippen MR) is 116 cm³/mol. The number of piperidine rings is 2. The Balaban J connectivity index is 0.000000687. The van der Waals surface area contributed by atoms with Crippen LogP contribution in [0.5, 0.6) is 0 Å². The number of benzene rings is 1. The molecule has 4 bridgehead atoms. The molecule has 1 aromatic heterocycles. The number of hydrogen-bond acceptors (Lipinski definition) is 6. The van der Waals surface area contributed by atoms with Crippen LogP contribution in [0.15, 0.2) is 46.0 Å². The molecule has 1 aromatic carbocycles. The number of sulfonamides is 1. The summed E-state index contributed by atoms with van der Waals surface area (Å²) in [5.74, 6) is 0.311. The zero-order chi connectivity index (χ0) is 21.4. The van der Waals surface area contributed by atoms with Crippen molar-refractivity contribution in [1.82, 2.24) is 14.5 Å². The van der Waals surface area contributed by atoms with E-state index in [1.807, 2.05) is 18.4 Å². The molecule has 3 atom stereocenters. The molecule has 9 heteroatoms. The monoisotopic (exact) mass is 449 g/mol. The van der Waals surface area contributed by atoms with Crippen LogP contribution in [-0.2, 0) is 20.2 Å². The van der Waals surface area contributed by atoms with E-state index in [0.717, 1.165) is 44.8 Å². The summed E-state index contributed by atoms with van der Waals surface area (Å²) < 4.78 is 29.9. The lowest BCUT2D eigenvalue weighted by Gasteiger charge is -2.55. The first kappa shape index (κ1) is 21.5. The van der Waals surface area contributed by atoms with E-state index < -0.39 is 10.0 Å². The highest BCUT2D eigenvalue weighted by Crippen LogP contribution is 2.43. The highest BCUT2D eigenvalue weighted by molar-refractivity contribution is 7.91. The van der Waals surface area contributed by atoms with Crippen LogP contribution >= 0.6 is 11.3 Å². The van der Waals surface area contributed by atoms with Gasteiger partial charge in [0.05, 0.1) is 0 Å². The van der Waals surface area contributed by atoms with Gasteiger partial charge in [0.1, 0.15) is 4.21 Å². The summed E-state index contributed by atoms with van der Waals surface area (Å²) in [5, 5.41) is 8.79. The van der Waals surface area contributed by atoms with E-state index in [2.05, 4.69) is 38.8 Å². The Morgan fingerprint density at radius 1 is 1.17 bits per heavy atom. The quantitative estimate of drug-likeness (QED) is 0.690. The average Bonchev–Trinajstić information content (AvgIpc) is 3.01. The third kappa shape index (κ3) is 3.92. The number of nitrogens with zero attached hydrogens (tertiary/aromatic N) is 2. The van der Waals surface area contributed by atoms with Crippen molar-refractivity contribution in [3.63, 3.8) is 0 Å². The maximum Gasteiger partial charge on any atom is 0.290 e. The maximum atomic E-state index is 13.2. The minimum Gasteiger partial charge on any atom is -0.483 e. The summed E-state index contributed by atoms with van der Waals surface area (Å²) in [4.78, 5) is 13.4. The normalized spacial score (nSPS) is 32.2. The second-order valence-corrected chi connectivity index (χ2v) is 11.3. The third-order valence-electron chi connectivity index (χ3n) is 6.40. The summed E-state index contributed by atoms with van der Waals surface area (Å²) in [5.41, 5.74) is 2.05. The fourth-order valence-electron chi connectivity index (χ4n) is 5.29. The number of thiophene rings is 1. The molecule has 5 heterocycles. The van der Waals surface area contributed by atoms with Gasteiger partial charge in [0.15, 0.2) is 0 Å². The molecule has 3 unspecified atom stereocenters. The number of carboxylic acid groups (broad SMARTS) is 1. The Hall–Kier alpha value is -1.78. The van der Waals surface area contributed by atoms with Gasteiger partial charge in [0.2, 0.25) is 10.0 Å². The first-order valence-electron chi connectivity index (χ1n) is 10.0. The molecule has 0 saturated carbocycles. The van der Waals surface area contributed by atoms with E-state index in [4.69, 9.17) is 9.90 Å². The van der Waals surface area contributed by atoms with E-state index >= 15 is 0 Å². The molecule has 4 aliphatic rings. The van der Waals surface area contributed by atoms with Crippen LogP contribution < -0.4 is 4.72 Å². The van der Waals surface area contributed by atoms with Crippen molar-refractivity contribution in [2.75, 3.05) is 39.3 Å². The molecule has 6 rings (SSSR count). The molecule has 0 aliphatic carbocycles. The van der Waals surface area contributed by atoms with Crippen LogP contribution in [0.1, 0.15) is 11.1 Å². The van der Waals surface area contributed by atoms with E-state index in [9.17, 15) is 8.42 Å². The Kier molecular flexibility index (Phi) is 6.00. The van der Waals surface area contributed by atoms with Crippen LogP contribution in [-0.4, -0.2) is 75.1 Å². The van der Waals surface area contributed by atoms with Crippen molar-refractivity contribution in [2.24, 2.45) is 5.92 Å². The summed E-state index contributed by atoms with van der Waals surface area (Å²) in [6, 6.07) is 12.2. The molecule has 4 saturated heterocycles. The average molecular weight is 450 g/mol. The van der Waals surface area contributed by atoms with Gasteiger partial charge in [-0.2, -0.15) is 0 Å². The van der Waals surface area contributed by atoms with Gasteiger partial charge in [-0.3, -0.25) is 4.79 Å². The largest absolute Gasteiger partial charge is 0.483 e. The van der Waals surface area contributed by atoms with Crippen LogP contribution in [0.3, 0.4) is 0 Å². The van der Waals surface area contributed by atoms with Crippen molar-refractivity contribution in [2.45, 2.75) is 22.6 Å². The summed E-state index contributed by atoms with van der Waals surface area (Å²) in [6.45, 7) is 7.63. The highest BCUT2D eigenvalue weighted by atomic mass is 32.2. The van der Waals surface area contributed by atoms with Gasteiger partial charge >= 0.3 is 0 Å². The van der Waals surface area contributed by atoms with Crippen LogP contribution in [0.4, 0.5) is 0 Å². The lowest BCUT2D eigenvalue weighted by atomic mass is 9.65. The first-order valence-corrected chi connectivity index (χ1v) is 12.4. The van der Waals surface area contributed by atoms with Gasteiger partial charge in [-0.15, -0.1) is 11.3 Å². The fourth-order valence-corrected chi connectivity index (χ4v) is 7.92. The molecule has 30 heavy (non-hydrogen) atoms. The second-order valence-electron chi connectivity index (χ2n) is 8.40. The summed E-state index contributed by atoms with van der Waals surface area (Å²) in [7, 11) is -3.51. The van der Waals surface area contributed by atoms with E-state index in [0.29, 0.717) is 10.1 Å². The molecule has 4 aliphatic heterocycles. The topological polar surface area (TPSA) is 90.0 Å². The molecule has 0 spiro atoms. The highest BCUT2D eigenvalue weighted by Gasteiger charge is 2.56. The zero-order valence-corrected chi connectivity index (χ0v) is 18.5. The van der Waals surface area contributed by atoms with Crippen LogP contribution in [0, 0.1) is 12.8 Å². The Morgan fingerprint density at radius 3 is 2.30 bits per heavy atom. The smallest absolute Gasteiger partial charge is 0.290 e. The minimum atomic E-state index is -3.51. The lowest BCUT2D eigenvalue weighted by molar-refractivity contribution is -0.122. The van der Waals surface area contributed by atoms with Gasteiger partial charge in [0.25, 0.3) is 6.47 Å². The van der Waals surface area contributed by atoms with E-state index in [-0.39, 0.29) is 17.9 Å². The molecule has 7 nitrogen and oxygen atoms in total. The third-order valence-corrected chi connectivity index (χ3v) is 9.40. The molecule has 0 radical (unpaired) electrons. The van der Waals surface area contributed by atoms with Crippen molar-refractivity contribution in [3.05, 3.63) is 52.9 Å². The fraction of sp³-hybridized carbons (Fsp3) is 0.476.